The molecule has 0 aliphatic rings. The largest absolute Gasteiger partial charge is 0.497 e. The zero-order valence-corrected chi connectivity index (χ0v) is 20.0. The first kappa shape index (κ1) is 24.3. The molecule has 3 aromatic heterocycles. The van der Waals surface area contributed by atoms with Gasteiger partial charge in [-0.3, -0.25) is 9.48 Å². The van der Waals surface area contributed by atoms with Crippen molar-refractivity contribution in [2.24, 2.45) is 0 Å². The lowest BCUT2D eigenvalue weighted by atomic mass is 10.1. The van der Waals surface area contributed by atoms with Crippen molar-refractivity contribution in [2.45, 2.75) is 12.7 Å². The summed E-state index contributed by atoms with van der Waals surface area (Å²) < 4.78 is 48.9. The van der Waals surface area contributed by atoms with E-state index in [1.807, 2.05) is 12.1 Å². The number of nitrogens with one attached hydrogen (secondary N) is 1. The van der Waals surface area contributed by atoms with Gasteiger partial charge in [0.15, 0.2) is 17.0 Å². The van der Waals surface area contributed by atoms with Crippen LogP contribution in [0.25, 0.3) is 16.9 Å². The molecule has 1 amide bonds. The van der Waals surface area contributed by atoms with E-state index in [4.69, 9.17) is 16.3 Å². The Balaban J connectivity index is 1.41. The summed E-state index contributed by atoms with van der Waals surface area (Å²) in [6.45, 7) is 0.439. The minimum Gasteiger partial charge on any atom is -0.497 e. The standard InChI is InChI=1S/C25H18ClF3N6O2/c1-37-19-8-4-16(5-9-19)20-10-22(25(27,28)29)35-23(32-20)11-21(33-35)24(36)31-18-12-30-34(14-18)13-15-2-6-17(26)7-3-15/h2-12,14H,13H2,1H3,(H,31,36). The summed E-state index contributed by atoms with van der Waals surface area (Å²) in [5, 5.41) is 11.3. The SMILES string of the molecule is COc1ccc(-c2cc(C(F)(F)F)n3nc(C(=O)Nc4cnn(Cc5ccc(Cl)cc5)c4)cc3n2)cc1. The molecule has 188 valence electrons. The highest BCUT2D eigenvalue weighted by atomic mass is 35.5. The number of fused-ring (bicyclic) bond motifs is 1. The number of nitrogens with zero attached hydrogens (tertiary/aromatic N) is 5. The fraction of sp³-hybridized carbons (Fsp3) is 0.120. The second-order valence-electron chi connectivity index (χ2n) is 8.06. The molecule has 2 aromatic carbocycles. The van der Waals surface area contributed by atoms with E-state index in [2.05, 4.69) is 20.5 Å². The minimum absolute atomic E-state index is 0.0813. The number of ether oxygens (including phenoxy) is 1. The third-order valence-electron chi connectivity index (χ3n) is 5.48. The average Bonchev–Trinajstić information content (AvgIpc) is 3.51. The Labute approximate surface area is 213 Å². The van der Waals surface area contributed by atoms with Gasteiger partial charge < -0.3 is 10.1 Å². The number of rotatable bonds is 6. The molecule has 5 rings (SSSR count). The Morgan fingerprint density at radius 2 is 1.81 bits per heavy atom. The van der Waals surface area contributed by atoms with Gasteiger partial charge in [0.05, 0.1) is 31.2 Å². The first-order valence-corrected chi connectivity index (χ1v) is 11.3. The number of methoxy groups -OCH3 is 1. The zero-order chi connectivity index (χ0) is 26.2. The minimum atomic E-state index is -4.73. The molecule has 3 heterocycles. The van der Waals surface area contributed by atoms with Gasteiger partial charge in [0, 0.05) is 22.8 Å². The van der Waals surface area contributed by atoms with Crippen LogP contribution in [0.15, 0.2) is 73.1 Å². The molecule has 0 spiro atoms. The van der Waals surface area contributed by atoms with Crippen molar-refractivity contribution in [3.63, 3.8) is 0 Å². The molecular weight excluding hydrogens is 509 g/mol. The number of hydrogen-bond acceptors (Lipinski definition) is 5. The van der Waals surface area contributed by atoms with Crippen LogP contribution in [0.1, 0.15) is 21.7 Å². The van der Waals surface area contributed by atoms with Crippen molar-refractivity contribution in [1.29, 1.82) is 0 Å². The van der Waals surface area contributed by atoms with Crippen molar-refractivity contribution >= 4 is 28.8 Å². The van der Waals surface area contributed by atoms with Gasteiger partial charge in [-0.2, -0.15) is 23.4 Å². The molecule has 0 unspecified atom stereocenters. The molecule has 5 aromatic rings. The third kappa shape index (κ3) is 5.26. The zero-order valence-electron chi connectivity index (χ0n) is 19.2. The maximum absolute atomic E-state index is 13.9. The molecule has 0 bridgehead atoms. The fourth-order valence-electron chi connectivity index (χ4n) is 3.68. The quantitative estimate of drug-likeness (QED) is 0.312. The molecule has 0 fully saturated rings. The van der Waals surface area contributed by atoms with Gasteiger partial charge in [0.25, 0.3) is 5.91 Å². The Morgan fingerprint density at radius 3 is 2.49 bits per heavy atom. The monoisotopic (exact) mass is 526 g/mol. The number of aromatic nitrogens is 5. The molecule has 0 atom stereocenters. The van der Waals surface area contributed by atoms with Gasteiger partial charge in [0.2, 0.25) is 0 Å². The van der Waals surface area contributed by atoms with E-state index in [0.29, 0.717) is 33.1 Å². The van der Waals surface area contributed by atoms with E-state index in [1.54, 1.807) is 47.3 Å². The van der Waals surface area contributed by atoms with Gasteiger partial charge >= 0.3 is 6.18 Å². The Kier molecular flexibility index (Phi) is 6.30. The highest BCUT2D eigenvalue weighted by molar-refractivity contribution is 6.30. The van der Waals surface area contributed by atoms with E-state index in [-0.39, 0.29) is 17.0 Å². The molecule has 1 N–H and O–H groups in total. The number of halogens is 4. The summed E-state index contributed by atoms with van der Waals surface area (Å²) in [5.74, 6) is -0.142. The third-order valence-corrected chi connectivity index (χ3v) is 5.74. The predicted octanol–water partition coefficient (Wildman–Crippen LogP) is 5.57. The van der Waals surface area contributed by atoms with Gasteiger partial charge in [-0.1, -0.05) is 23.7 Å². The number of carbonyl (C=O) groups is 1. The van der Waals surface area contributed by atoms with Crippen molar-refractivity contribution in [2.75, 3.05) is 12.4 Å². The van der Waals surface area contributed by atoms with Crippen LogP contribution in [0.5, 0.6) is 5.75 Å². The highest BCUT2D eigenvalue weighted by Gasteiger charge is 2.35. The van der Waals surface area contributed by atoms with E-state index < -0.39 is 17.8 Å². The first-order chi connectivity index (χ1) is 17.7. The average molecular weight is 527 g/mol. The van der Waals surface area contributed by atoms with E-state index in [1.165, 1.54) is 19.4 Å². The smallest absolute Gasteiger partial charge is 0.433 e. The summed E-state index contributed by atoms with van der Waals surface area (Å²) in [5.41, 5.74) is 0.438. The number of amides is 1. The molecule has 37 heavy (non-hydrogen) atoms. The number of benzene rings is 2. The van der Waals surface area contributed by atoms with Crippen LogP contribution >= 0.6 is 11.6 Å². The maximum Gasteiger partial charge on any atom is 0.433 e. The van der Waals surface area contributed by atoms with Gasteiger partial charge in [-0.05, 0) is 48.0 Å². The number of alkyl halides is 3. The second-order valence-corrected chi connectivity index (χ2v) is 8.50. The summed E-state index contributed by atoms with van der Waals surface area (Å²) in [7, 11) is 1.49. The first-order valence-electron chi connectivity index (χ1n) is 10.9. The van der Waals surface area contributed by atoms with Crippen LogP contribution in [0.2, 0.25) is 5.02 Å². The normalized spacial score (nSPS) is 11.6. The number of carbonyl (C=O) groups excluding carboxylic acids is 1. The summed E-state index contributed by atoms with van der Waals surface area (Å²) >= 11 is 5.90. The lowest BCUT2D eigenvalue weighted by Crippen LogP contribution is -2.15. The van der Waals surface area contributed by atoms with E-state index in [9.17, 15) is 18.0 Å². The molecule has 0 saturated heterocycles. The Bertz CT molecular complexity index is 1580. The molecule has 0 radical (unpaired) electrons. The van der Waals surface area contributed by atoms with Gasteiger partial charge in [-0.15, -0.1) is 0 Å². The molecule has 0 aliphatic carbocycles. The fourth-order valence-corrected chi connectivity index (χ4v) is 3.81. The van der Waals surface area contributed by atoms with Crippen LogP contribution in [0.3, 0.4) is 0 Å². The van der Waals surface area contributed by atoms with Crippen LogP contribution in [0.4, 0.5) is 18.9 Å². The summed E-state index contributed by atoms with van der Waals surface area (Å²) in [6.07, 6.45) is -1.70. The van der Waals surface area contributed by atoms with Crippen LogP contribution < -0.4 is 10.1 Å². The molecule has 12 heteroatoms. The number of hydrogen-bond donors (Lipinski definition) is 1. The summed E-state index contributed by atoms with van der Waals surface area (Å²) in [6, 6.07) is 15.8. The van der Waals surface area contributed by atoms with Crippen LogP contribution in [-0.2, 0) is 12.7 Å². The lowest BCUT2D eigenvalue weighted by Gasteiger charge is -2.11. The molecular formula is C25H18ClF3N6O2. The topological polar surface area (TPSA) is 86.3 Å². The Morgan fingerprint density at radius 1 is 1.08 bits per heavy atom. The number of anilines is 1. The lowest BCUT2D eigenvalue weighted by molar-refractivity contribution is -0.142. The van der Waals surface area contributed by atoms with Crippen molar-refractivity contribution < 1.29 is 22.7 Å². The maximum atomic E-state index is 13.9. The highest BCUT2D eigenvalue weighted by Crippen LogP contribution is 2.32. The molecule has 0 saturated carbocycles. The predicted molar refractivity (Wildman–Crippen MR) is 131 cm³/mol. The van der Waals surface area contributed by atoms with Gasteiger partial charge in [-0.25, -0.2) is 9.50 Å². The summed E-state index contributed by atoms with van der Waals surface area (Å²) in [4.78, 5) is 17.1. The van der Waals surface area contributed by atoms with Crippen molar-refractivity contribution in [1.82, 2.24) is 24.4 Å². The van der Waals surface area contributed by atoms with Crippen molar-refractivity contribution in [3.8, 4) is 17.0 Å². The second kappa shape index (κ2) is 9.58. The molecule has 0 aliphatic heterocycles. The Hall–Kier alpha value is -4.38. The molecule has 8 nitrogen and oxygen atoms in total. The van der Waals surface area contributed by atoms with Crippen molar-refractivity contribution in [3.05, 3.63) is 95.0 Å². The van der Waals surface area contributed by atoms with E-state index >= 15 is 0 Å². The van der Waals surface area contributed by atoms with Crippen LogP contribution in [0, 0.1) is 0 Å². The van der Waals surface area contributed by atoms with Crippen LogP contribution in [-0.4, -0.2) is 37.4 Å². The van der Waals surface area contributed by atoms with Gasteiger partial charge in [0.1, 0.15) is 5.75 Å². The van der Waals surface area contributed by atoms with E-state index in [0.717, 1.165) is 11.6 Å².